The molecule has 2 nitrogen and oxygen atoms in total. The molecule has 1 aromatic carbocycles. The molecule has 0 saturated carbocycles. The van der Waals surface area contributed by atoms with E-state index in [1.165, 1.54) is 12.1 Å². The number of carbonyl (C=O) groups excluding carboxylic acids is 1. The zero-order chi connectivity index (χ0) is 10.6. The SMILES string of the molecule is O=C(CCS)Nc1cc(Br)ccc1F. The molecule has 0 unspecified atom stereocenters. The first kappa shape index (κ1) is 11.5. The molecule has 76 valence electrons. The van der Waals surface area contributed by atoms with Crippen LogP contribution in [-0.4, -0.2) is 11.7 Å². The van der Waals surface area contributed by atoms with Gasteiger partial charge in [0.2, 0.25) is 5.91 Å². The molecule has 0 aliphatic heterocycles. The van der Waals surface area contributed by atoms with Gasteiger partial charge in [-0.3, -0.25) is 4.79 Å². The summed E-state index contributed by atoms with van der Waals surface area (Å²) in [5, 5.41) is 2.46. The Kier molecular flexibility index (Phi) is 4.41. The molecule has 0 fully saturated rings. The van der Waals surface area contributed by atoms with Crippen LogP contribution in [-0.2, 0) is 4.79 Å². The fourth-order valence-electron chi connectivity index (χ4n) is 0.908. The third-order valence-electron chi connectivity index (χ3n) is 1.54. The van der Waals surface area contributed by atoms with E-state index in [2.05, 4.69) is 33.9 Å². The van der Waals surface area contributed by atoms with Gasteiger partial charge in [0.05, 0.1) is 5.69 Å². The summed E-state index contributed by atoms with van der Waals surface area (Å²) in [5.74, 6) is -0.237. The average Bonchev–Trinajstić information content (AvgIpc) is 2.12. The highest BCUT2D eigenvalue weighted by atomic mass is 79.9. The minimum Gasteiger partial charge on any atom is -0.324 e. The second kappa shape index (κ2) is 5.36. The smallest absolute Gasteiger partial charge is 0.225 e. The lowest BCUT2D eigenvalue weighted by Crippen LogP contribution is -2.12. The summed E-state index contributed by atoms with van der Waals surface area (Å²) >= 11 is 7.10. The van der Waals surface area contributed by atoms with Crippen LogP contribution >= 0.6 is 28.6 Å². The molecule has 0 bridgehead atoms. The summed E-state index contributed by atoms with van der Waals surface area (Å²) < 4.78 is 13.8. The van der Waals surface area contributed by atoms with E-state index in [0.29, 0.717) is 5.75 Å². The van der Waals surface area contributed by atoms with Crippen molar-refractivity contribution in [1.29, 1.82) is 0 Å². The van der Waals surface area contributed by atoms with Crippen molar-refractivity contribution in [2.24, 2.45) is 0 Å². The first-order valence-corrected chi connectivity index (χ1v) is 5.42. The van der Waals surface area contributed by atoms with Crippen molar-refractivity contribution in [2.45, 2.75) is 6.42 Å². The Morgan fingerprint density at radius 3 is 2.93 bits per heavy atom. The van der Waals surface area contributed by atoms with E-state index in [9.17, 15) is 9.18 Å². The number of amides is 1. The summed E-state index contributed by atoms with van der Waals surface area (Å²) in [4.78, 5) is 11.1. The standard InChI is InChI=1S/C9H9BrFNOS/c10-6-1-2-7(11)8(5-6)12-9(13)3-4-14/h1-2,5,14H,3-4H2,(H,12,13). The quantitative estimate of drug-likeness (QED) is 0.818. The van der Waals surface area contributed by atoms with Crippen molar-refractivity contribution >= 4 is 40.2 Å². The Hall–Kier alpha value is -0.550. The molecule has 0 aromatic heterocycles. The van der Waals surface area contributed by atoms with E-state index in [1.54, 1.807) is 6.07 Å². The topological polar surface area (TPSA) is 29.1 Å². The normalized spacial score (nSPS) is 9.93. The van der Waals surface area contributed by atoms with Crippen LogP contribution in [0.1, 0.15) is 6.42 Å². The van der Waals surface area contributed by atoms with Crippen LogP contribution in [0.3, 0.4) is 0 Å². The van der Waals surface area contributed by atoms with Crippen LogP contribution in [0.5, 0.6) is 0 Å². The second-order valence-electron chi connectivity index (χ2n) is 2.65. The number of anilines is 1. The highest BCUT2D eigenvalue weighted by molar-refractivity contribution is 9.10. The number of benzene rings is 1. The summed E-state index contributed by atoms with van der Waals surface area (Å²) in [6.45, 7) is 0. The molecule has 0 saturated heterocycles. The fourth-order valence-corrected chi connectivity index (χ4v) is 1.47. The zero-order valence-electron chi connectivity index (χ0n) is 7.26. The third kappa shape index (κ3) is 3.31. The van der Waals surface area contributed by atoms with Crippen LogP contribution in [0, 0.1) is 5.82 Å². The van der Waals surface area contributed by atoms with Gasteiger partial charge >= 0.3 is 0 Å². The highest BCUT2D eigenvalue weighted by Crippen LogP contribution is 2.19. The number of hydrogen-bond donors (Lipinski definition) is 2. The molecule has 0 heterocycles. The van der Waals surface area contributed by atoms with Crippen molar-refractivity contribution in [2.75, 3.05) is 11.1 Å². The Labute approximate surface area is 95.4 Å². The van der Waals surface area contributed by atoms with Gasteiger partial charge in [0.1, 0.15) is 5.82 Å². The lowest BCUT2D eigenvalue weighted by molar-refractivity contribution is -0.115. The van der Waals surface area contributed by atoms with Gasteiger partial charge in [0.15, 0.2) is 0 Å². The number of carbonyl (C=O) groups is 1. The Morgan fingerprint density at radius 2 is 2.29 bits per heavy atom. The Morgan fingerprint density at radius 1 is 1.57 bits per heavy atom. The van der Waals surface area contributed by atoms with E-state index in [1.807, 2.05) is 0 Å². The lowest BCUT2D eigenvalue weighted by atomic mass is 10.3. The monoisotopic (exact) mass is 277 g/mol. The average molecular weight is 278 g/mol. The molecule has 0 aliphatic rings. The van der Waals surface area contributed by atoms with E-state index in [0.717, 1.165) is 4.47 Å². The van der Waals surface area contributed by atoms with Gasteiger partial charge in [-0.2, -0.15) is 12.6 Å². The highest BCUT2D eigenvalue weighted by Gasteiger charge is 2.06. The number of thiol groups is 1. The first-order valence-electron chi connectivity index (χ1n) is 3.99. The predicted molar refractivity (Wildman–Crippen MR) is 61.2 cm³/mol. The number of rotatable bonds is 3. The molecule has 1 amide bonds. The number of hydrogen-bond acceptors (Lipinski definition) is 2. The largest absolute Gasteiger partial charge is 0.324 e. The van der Waals surface area contributed by atoms with Crippen LogP contribution in [0.2, 0.25) is 0 Å². The van der Waals surface area contributed by atoms with Crippen molar-refractivity contribution in [1.82, 2.24) is 0 Å². The number of halogens is 2. The van der Waals surface area contributed by atoms with E-state index >= 15 is 0 Å². The van der Waals surface area contributed by atoms with Gasteiger partial charge in [-0.1, -0.05) is 15.9 Å². The van der Waals surface area contributed by atoms with Crippen LogP contribution < -0.4 is 5.32 Å². The molecule has 5 heteroatoms. The predicted octanol–water partition coefficient (Wildman–Crippen LogP) is 2.85. The minimum atomic E-state index is -0.444. The van der Waals surface area contributed by atoms with Crippen LogP contribution in [0.25, 0.3) is 0 Å². The second-order valence-corrected chi connectivity index (χ2v) is 4.01. The first-order chi connectivity index (χ1) is 6.63. The fraction of sp³-hybridized carbons (Fsp3) is 0.222. The molecule has 0 radical (unpaired) electrons. The van der Waals surface area contributed by atoms with Crippen molar-refractivity contribution in [3.05, 3.63) is 28.5 Å². The third-order valence-corrected chi connectivity index (χ3v) is 2.26. The van der Waals surface area contributed by atoms with Gasteiger partial charge < -0.3 is 5.32 Å². The molecule has 0 atom stereocenters. The molecule has 1 rings (SSSR count). The van der Waals surface area contributed by atoms with E-state index < -0.39 is 5.82 Å². The maximum Gasteiger partial charge on any atom is 0.225 e. The minimum absolute atomic E-state index is 0.186. The van der Waals surface area contributed by atoms with Gasteiger partial charge in [0.25, 0.3) is 0 Å². The van der Waals surface area contributed by atoms with E-state index in [4.69, 9.17) is 0 Å². The molecule has 1 aromatic rings. The summed E-state index contributed by atoms with van der Waals surface area (Å²) in [7, 11) is 0. The van der Waals surface area contributed by atoms with Gasteiger partial charge in [-0.05, 0) is 24.0 Å². The van der Waals surface area contributed by atoms with Crippen LogP contribution in [0.15, 0.2) is 22.7 Å². The Balaban J connectivity index is 2.75. The maximum absolute atomic E-state index is 13.1. The maximum atomic E-state index is 13.1. The van der Waals surface area contributed by atoms with Crippen molar-refractivity contribution in [3.8, 4) is 0 Å². The Bertz CT molecular complexity index is 346. The zero-order valence-corrected chi connectivity index (χ0v) is 9.74. The van der Waals surface area contributed by atoms with Crippen molar-refractivity contribution < 1.29 is 9.18 Å². The van der Waals surface area contributed by atoms with Gasteiger partial charge in [-0.15, -0.1) is 0 Å². The summed E-state index contributed by atoms with van der Waals surface area (Å²) in [6.07, 6.45) is 0.273. The molecule has 14 heavy (non-hydrogen) atoms. The molecule has 0 aliphatic carbocycles. The molecule has 1 N–H and O–H groups in total. The molecular weight excluding hydrogens is 269 g/mol. The summed E-state index contributed by atoms with van der Waals surface area (Å²) in [6, 6.07) is 4.38. The molecular formula is C9H9BrFNOS. The summed E-state index contributed by atoms with van der Waals surface area (Å²) in [5.41, 5.74) is 0.186. The van der Waals surface area contributed by atoms with Crippen LogP contribution in [0.4, 0.5) is 10.1 Å². The lowest BCUT2D eigenvalue weighted by Gasteiger charge is -2.05. The van der Waals surface area contributed by atoms with Gasteiger partial charge in [-0.25, -0.2) is 4.39 Å². The van der Waals surface area contributed by atoms with Crippen molar-refractivity contribution in [3.63, 3.8) is 0 Å². The van der Waals surface area contributed by atoms with Gasteiger partial charge in [0, 0.05) is 10.9 Å². The number of nitrogens with one attached hydrogen (secondary N) is 1. The molecule has 0 spiro atoms. The van der Waals surface area contributed by atoms with E-state index in [-0.39, 0.29) is 18.0 Å².